The van der Waals surface area contributed by atoms with E-state index < -0.39 is 4.92 Å². The van der Waals surface area contributed by atoms with Gasteiger partial charge in [0.1, 0.15) is 6.33 Å². The van der Waals surface area contributed by atoms with E-state index in [-0.39, 0.29) is 11.5 Å². The fourth-order valence-corrected chi connectivity index (χ4v) is 2.63. The van der Waals surface area contributed by atoms with Crippen molar-refractivity contribution < 1.29 is 4.92 Å². The number of aromatic nitrogens is 2. The molecule has 3 rings (SSSR count). The maximum Gasteiger partial charge on any atom is 0.337 e. The topological polar surface area (TPSA) is 81.0 Å². The number of rotatable bonds is 4. The second kappa shape index (κ2) is 5.47. The van der Waals surface area contributed by atoms with E-state index in [0.29, 0.717) is 11.6 Å². The Morgan fingerprint density at radius 1 is 1.33 bits per heavy atom. The molecule has 0 spiro atoms. The van der Waals surface area contributed by atoms with Crippen molar-refractivity contribution in [3.8, 4) is 11.3 Å². The van der Waals surface area contributed by atoms with Gasteiger partial charge in [0.15, 0.2) is 5.69 Å². The van der Waals surface area contributed by atoms with Gasteiger partial charge < -0.3 is 5.32 Å². The van der Waals surface area contributed by atoms with Crippen LogP contribution in [0.4, 0.5) is 11.5 Å². The zero-order valence-corrected chi connectivity index (χ0v) is 11.7. The molecule has 0 atom stereocenters. The maximum absolute atomic E-state index is 11.3. The Balaban J connectivity index is 2.09. The van der Waals surface area contributed by atoms with Crippen molar-refractivity contribution >= 4 is 11.5 Å². The van der Waals surface area contributed by atoms with Gasteiger partial charge in [-0.25, -0.2) is 9.97 Å². The minimum atomic E-state index is -0.433. The molecule has 0 aliphatic heterocycles. The zero-order valence-electron chi connectivity index (χ0n) is 11.7. The molecule has 2 aromatic rings. The first-order valence-corrected chi connectivity index (χ1v) is 6.98. The third-order valence-electron chi connectivity index (χ3n) is 3.98. The summed E-state index contributed by atoms with van der Waals surface area (Å²) in [5.41, 5.74) is 2.29. The van der Waals surface area contributed by atoms with Crippen LogP contribution in [0.5, 0.6) is 0 Å². The Kier molecular flexibility index (Phi) is 3.51. The van der Waals surface area contributed by atoms with Gasteiger partial charge in [0.2, 0.25) is 5.82 Å². The van der Waals surface area contributed by atoms with Gasteiger partial charge in [-0.15, -0.1) is 0 Å². The summed E-state index contributed by atoms with van der Waals surface area (Å²) in [6.07, 6.45) is 4.99. The van der Waals surface area contributed by atoms with E-state index in [9.17, 15) is 10.1 Å². The molecule has 108 valence electrons. The van der Waals surface area contributed by atoms with E-state index in [0.717, 1.165) is 5.56 Å². The first kappa shape index (κ1) is 13.5. The van der Waals surface area contributed by atoms with Crippen LogP contribution in [0, 0.1) is 10.1 Å². The number of nitro groups is 1. The summed E-state index contributed by atoms with van der Waals surface area (Å²) in [5.74, 6) is 0.814. The standard InChI is InChI=1S/C15H16N4O2/c1-16-15-14(19(20)21)13(17-9-18-15)12-7-3-6-11(8-12)10-4-2-5-10/h3,6-10H,2,4-5H2,1H3,(H,16,17,18). The third-order valence-corrected chi connectivity index (χ3v) is 3.98. The van der Waals surface area contributed by atoms with Crippen molar-refractivity contribution in [1.82, 2.24) is 9.97 Å². The number of hydrogen-bond acceptors (Lipinski definition) is 5. The van der Waals surface area contributed by atoms with Crippen LogP contribution in [0.25, 0.3) is 11.3 Å². The second-order valence-corrected chi connectivity index (χ2v) is 5.18. The summed E-state index contributed by atoms with van der Waals surface area (Å²) < 4.78 is 0. The quantitative estimate of drug-likeness (QED) is 0.687. The normalized spacial score (nSPS) is 14.5. The summed E-state index contributed by atoms with van der Waals surface area (Å²) in [6, 6.07) is 7.89. The van der Waals surface area contributed by atoms with Crippen LogP contribution >= 0.6 is 0 Å². The predicted octanol–water partition coefficient (Wildman–Crippen LogP) is 3.36. The molecule has 21 heavy (non-hydrogen) atoms. The van der Waals surface area contributed by atoms with E-state index in [1.807, 2.05) is 18.2 Å². The number of hydrogen-bond donors (Lipinski definition) is 1. The molecule has 1 aromatic heterocycles. The van der Waals surface area contributed by atoms with Crippen LogP contribution in [0.2, 0.25) is 0 Å². The lowest BCUT2D eigenvalue weighted by molar-refractivity contribution is -0.383. The van der Waals surface area contributed by atoms with Gasteiger partial charge in [0, 0.05) is 12.6 Å². The molecule has 1 aliphatic rings. The molecule has 1 aliphatic carbocycles. The summed E-state index contributed by atoms with van der Waals surface area (Å²) in [6.45, 7) is 0. The van der Waals surface area contributed by atoms with Crippen molar-refractivity contribution in [2.24, 2.45) is 0 Å². The fourth-order valence-electron chi connectivity index (χ4n) is 2.63. The van der Waals surface area contributed by atoms with Crippen LogP contribution in [0.3, 0.4) is 0 Å². The molecule has 6 nitrogen and oxygen atoms in total. The first-order chi connectivity index (χ1) is 10.2. The van der Waals surface area contributed by atoms with Crippen LogP contribution in [0.1, 0.15) is 30.7 Å². The van der Waals surface area contributed by atoms with Crippen molar-refractivity contribution in [1.29, 1.82) is 0 Å². The molecular formula is C15H16N4O2. The van der Waals surface area contributed by atoms with Crippen molar-refractivity contribution in [3.05, 3.63) is 46.3 Å². The average molecular weight is 284 g/mol. The summed E-state index contributed by atoms with van der Waals surface area (Å²) in [4.78, 5) is 19.0. The van der Waals surface area contributed by atoms with Gasteiger partial charge in [0.05, 0.1) is 4.92 Å². The minimum Gasteiger partial charge on any atom is -0.367 e. The van der Waals surface area contributed by atoms with Gasteiger partial charge in [-0.05, 0) is 30.4 Å². The molecule has 1 fully saturated rings. The lowest BCUT2D eigenvalue weighted by atomic mass is 9.79. The lowest BCUT2D eigenvalue weighted by Gasteiger charge is -2.26. The summed E-state index contributed by atoms with van der Waals surface area (Å²) >= 11 is 0. The Morgan fingerprint density at radius 2 is 2.14 bits per heavy atom. The SMILES string of the molecule is CNc1ncnc(-c2cccc(C3CCC3)c2)c1[N+](=O)[O-]. The molecular weight excluding hydrogens is 268 g/mol. The molecule has 1 heterocycles. The highest BCUT2D eigenvalue weighted by Gasteiger charge is 2.25. The van der Waals surface area contributed by atoms with Crippen LogP contribution in [0.15, 0.2) is 30.6 Å². The van der Waals surface area contributed by atoms with E-state index in [1.54, 1.807) is 7.05 Å². The van der Waals surface area contributed by atoms with Crippen molar-refractivity contribution in [2.45, 2.75) is 25.2 Å². The predicted molar refractivity (Wildman–Crippen MR) is 80.3 cm³/mol. The fraction of sp³-hybridized carbons (Fsp3) is 0.333. The molecule has 0 unspecified atom stereocenters. The average Bonchev–Trinajstić information content (AvgIpc) is 2.44. The highest BCUT2D eigenvalue weighted by Crippen LogP contribution is 2.39. The molecule has 0 amide bonds. The number of benzene rings is 1. The maximum atomic E-state index is 11.3. The molecule has 6 heteroatoms. The number of nitrogens with one attached hydrogen (secondary N) is 1. The zero-order chi connectivity index (χ0) is 14.8. The van der Waals surface area contributed by atoms with Crippen LogP contribution in [-0.4, -0.2) is 21.9 Å². The van der Waals surface area contributed by atoms with Gasteiger partial charge in [-0.1, -0.05) is 24.6 Å². The molecule has 1 aromatic carbocycles. The van der Waals surface area contributed by atoms with E-state index in [1.165, 1.54) is 31.2 Å². The second-order valence-electron chi connectivity index (χ2n) is 5.18. The van der Waals surface area contributed by atoms with Crippen molar-refractivity contribution in [2.75, 3.05) is 12.4 Å². The van der Waals surface area contributed by atoms with Gasteiger partial charge >= 0.3 is 5.69 Å². The lowest BCUT2D eigenvalue weighted by Crippen LogP contribution is -2.08. The minimum absolute atomic E-state index is 0.0780. The Bertz CT molecular complexity index is 683. The largest absolute Gasteiger partial charge is 0.367 e. The van der Waals surface area contributed by atoms with Crippen molar-refractivity contribution in [3.63, 3.8) is 0 Å². The third kappa shape index (κ3) is 2.44. The first-order valence-electron chi connectivity index (χ1n) is 6.98. The highest BCUT2D eigenvalue weighted by atomic mass is 16.6. The van der Waals surface area contributed by atoms with Crippen LogP contribution < -0.4 is 5.32 Å². The number of nitrogens with zero attached hydrogens (tertiary/aromatic N) is 3. The van der Waals surface area contributed by atoms with E-state index >= 15 is 0 Å². The Hall–Kier alpha value is -2.50. The van der Waals surface area contributed by atoms with Gasteiger partial charge in [-0.3, -0.25) is 10.1 Å². The van der Waals surface area contributed by atoms with Gasteiger partial charge in [0.25, 0.3) is 0 Å². The van der Waals surface area contributed by atoms with E-state index in [2.05, 4.69) is 21.4 Å². The molecule has 1 saturated carbocycles. The Morgan fingerprint density at radius 3 is 2.76 bits per heavy atom. The molecule has 0 bridgehead atoms. The van der Waals surface area contributed by atoms with Crippen LogP contribution in [-0.2, 0) is 0 Å². The molecule has 0 saturated heterocycles. The smallest absolute Gasteiger partial charge is 0.337 e. The summed E-state index contributed by atoms with van der Waals surface area (Å²) in [5, 5.41) is 14.1. The monoisotopic (exact) mass is 284 g/mol. The molecule has 0 radical (unpaired) electrons. The number of anilines is 1. The Labute approximate surface area is 122 Å². The molecule has 1 N–H and O–H groups in total. The van der Waals surface area contributed by atoms with E-state index in [4.69, 9.17) is 0 Å². The highest BCUT2D eigenvalue weighted by molar-refractivity contribution is 5.76. The summed E-state index contributed by atoms with van der Waals surface area (Å²) in [7, 11) is 1.61. The van der Waals surface area contributed by atoms with Gasteiger partial charge in [-0.2, -0.15) is 0 Å².